The summed E-state index contributed by atoms with van der Waals surface area (Å²) >= 11 is 0. The first-order valence-corrected chi connectivity index (χ1v) is 10.1. The Bertz CT molecular complexity index is 903. The van der Waals surface area contributed by atoms with Crippen molar-refractivity contribution in [2.24, 2.45) is 10.7 Å². The molecule has 0 saturated carbocycles. The highest BCUT2D eigenvalue weighted by molar-refractivity contribution is 5.95. The number of hydrogen-bond acceptors (Lipinski definition) is 2. The van der Waals surface area contributed by atoms with Gasteiger partial charge in [0.05, 0.1) is 5.69 Å². The van der Waals surface area contributed by atoms with Crippen LogP contribution in [-0.4, -0.2) is 13.0 Å². The molecule has 0 heterocycles. The highest BCUT2D eigenvalue weighted by atomic mass is 16.5. The van der Waals surface area contributed by atoms with E-state index in [4.69, 9.17) is 10.5 Å². The molecule has 2 N–H and O–H groups in total. The summed E-state index contributed by atoms with van der Waals surface area (Å²) in [5.74, 6) is 1.27. The Hall–Kier alpha value is -3.27. The maximum Gasteiger partial charge on any atom is 0.200 e. The lowest BCUT2D eigenvalue weighted by Crippen LogP contribution is -2.33. The first-order chi connectivity index (χ1) is 14.2. The van der Waals surface area contributed by atoms with Crippen LogP contribution >= 0.6 is 0 Å². The lowest BCUT2D eigenvalue weighted by atomic mass is 10.1. The van der Waals surface area contributed by atoms with Crippen LogP contribution in [0.2, 0.25) is 0 Å². The number of aliphatic imine (C=N–C) groups is 1. The van der Waals surface area contributed by atoms with Gasteiger partial charge in [0, 0.05) is 12.7 Å². The second kappa shape index (κ2) is 10.3. The Kier molecular flexibility index (Phi) is 7.28. The van der Waals surface area contributed by atoms with Crippen molar-refractivity contribution in [1.82, 2.24) is 0 Å². The number of nitrogens with two attached hydrogens (primary N) is 1. The van der Waals surface area contributed by atoms with E-state index in [1.807, 2.05) is 66.5 Å². The summed E-state index contributed by atoms with van der Waals surface area (Å²) in [6, 6.07) is 26.3. The fourth-order valence-corrected chi connectivity index (χ4v) is 2.96. The summed E-state index contributed by atoms with van der Waals surface area (Å²) in [5.41, 5.74) is 10.5. The molecule has 3 aromatic rings. The van der Waals surface area contributed by atoms with Gasteiger partial charge in [-0.1, -0.05) is 55.8 Å². The number of nitrogens with zero attached hydrogens (tertiary/aromatic N) is 2. The van der Waals surface area contributed by atoms with E-state index in [-0.39, 0.29) is 0 Å². The maximum atomic E-state index is 6.22. The summed E-state index contributed by atoms with van der Waals surface area (Å²) in [6.45, 7) is 2.75. The highest BCUT2D eigenvalue weighted by Crippen LogP contribution is 2.21. The van der Waals surface area contributed by atoms with Crippen LogP contribution in [0, 0.1) is 0 Å². The van der Waals surface area contributed by atoms with Crippen molar-refractivity contribution >= 4 is 17.3 Å². The third-order valence-electron chi connectivity index (χ3n) is 4.81. The molecule has 0 amide bonds. The lowest BCUT2D eigenvalue weighted by molar-refractivity contribution is 0.306. The van der Waals surface area contributed by atoms with Gasteiger partial charge in [-0.3, -0.25) is 0 Å². The van der Waals surface area contributed by atoms with Crippen LogP contribution in [0.1, 0.15) is 30.9 Å². The number of anilines is 1. The second-order valence-electron chi connectivity index (χ2n) is 7.07. The third-order valence-corrected chi connectivity index (χ3v) is 4.81. The van der Waals surface area contributed by atoms with Crippen LogP contribution in [0.15, 0.2) is 83.9 Å². The van der Waals surface area contributed by atoms with E-state index in [1.165, 1.54) is 18.4 Å². The molecule has 3 aromatic carbocycles. The van der Waals surface area contributed by atoms with Gasteiger partial charge in [0.1, 0.15) is 12.4 Å². The van der Waals surface area contributed by atoms with Gasteiger partial charge < -0.3 is 15.4 Å². The average Bonchev–Trinajstić information content (AvgIpc) is 2.78. The zero-order valence-corrected chi connectivity index (χ0v) is 17.2. The molecule has 0 aliphatic heterocycles. The number of rotatable bonds is 8. The van der Waals surface area contributed by atoms with Crippen LogP contribution in [0.25, 0.3) is 0 Å². The summed E-state index contributed by atoms with van der Waals surface area (Å²) in [4.78, 5) is 6.41. The Morgan fingerprint density at radius 2 is 1.59 bits per heavy atom. The summed E-state index contributed by atoms with van der Waals surface area (Å²) in [5, 5.41) is 0. The fourth-order valence-electron chi connectivity index (χ4n) is 2.96. The van der Waals surface area contributed by atoms with Gasteiger partial charge >= 0.3 is 0 Å². The molecule has 0 aliphatic rings. The molecule has 29 heavy (non-hydrogen) atoms. The van der Waals surface area contributed by atoms with Gasteiger partial charge in [0.25, 0.3) is 0 Å². The van der Waals surface area contributed by atoms with Gasteiger partial charge in [0.2, 0.25) is 5.96 Å². The minimum Gasteiger partial charge on any atom is -0.489 e. The number of benzene rings is 3. The molecule has 0 spiro atoms. The molecule has 3 rings (SSSR count). The normalized spacial score (nSPS) is 11.3. The first kappa shape index (κ1) is 20.5. The van der Waals surface area contributed by atoms with Crippen molar-refractivity contribution in [3.05, 3.63) is 90.0 Å². The quantitative estimate of drug-likeness (QED) is 0.399. The molecule has 150 valence electrons. The monoisotopic (exact) mass is 387 g/mol. The minimum atomic E-state index is 0.448. The highest BCUT2D eigenvalue weighted by Gasteiger charge is 2.06. The zero-order chi connectivity index (χ0) is 20.5. The van der Waals surface area contributed by atoms with Crippen molar-refractivity contribution in [3.63, 3.8) is 0 Å². The molecule has 4 nitrogen and oxygen atoms in total. The van der Waals surface area contributed by atoms with Crippen molar-refractivity contribution in [1.29, 1.82) is 0 Å². The predicted molar refractivity (Wildman–Crippen MR) is 122 cm³/mol. The van der Waals surface area contributed by atoms with E-state index in [1.54, 1.807) is 0 Å². The molecule has 0 aliphatic carbocycles. The number of ether oxygens (including phenoxy) is 1. The van der Waals surface area contributed by atoms with E-state index < -0.39 is 0 Å². The minimum absolute atomic E-state index is 0.448. The molecule has 0 aromatic heterocycles. The zero-order valence-electron chi connectivity index (χ0n) is 17.2. The van der Waals surface area contributed by atoms with Crippen molar-refractivity contribution in [3.8, 4) is 5.75 Å². The largest absolute Gasteiger partial charge is 0.489 e. The Balaban J connectivity index is 1.60. The molecule has 0 saturated heterocycles. The van der Waals surface area contributed by atoms with E-state index in [0.29, 0.717) is 12.6 Å². The number of hydrogen-bond donors (Lipinski definition) is 1. The molecule has 0 unspecified atom stereocenters. The van der Waals surface area contributed by atoms with Crippen molar-refractivity contribution < 1.29 is 4.74 Å². The average molecular weight is 388 g/mol. The van der Waals surface area contributed by atoms with Crippen LogP contribution in [-0.2, 0) is 13.0 Å². The topological polar surface area (TPSA) is 50.8 Å². The van der Waals surface area contributed by atoms with Gasteiger partial charge in [-0.15, -0.1) is 0 Å². The molecule has 0 atom stereocenters. The Morgan fingerprint density at radius 1 is 0.897 bits per heavy atom. The van der Waals surface area contributed by atoms with Gasteiger partial charge in [-0.05, 0) is 60.4 Å². The number of aryl methyl sites for hydroxylation is 1. The van der Waals surface area contributed by atoms with Gasteiger partial charge in [-0.25, -0.2) is 4.99 Å². The van der Waals surface area contributed by atoms with E-state index >= 15 is 0 Å². The van der Waals surface area contributed by atoms with Gasteiger partial charge in [-0.2, -0.15) is 0 Å². The molecule has 0 bridgehead atoms. The Morgan fingerprint density at radius 3 is 2.24 bits per heavy atom. The third kappa shape index (κ3) is 6.11. The van der Waals surface area contributed by atoms with E-state index in [0.717, 1.165) is 29.1 Å². The summed E-state index contributed by atoms with van der Waals surface area (Å²) in [7, 11) is 1.91. The smallest absolute Gasteiger partial charge is 0.200 e. The van der Waals surface area contributed by atoms with E-state index in [9.17, 15) is 0 Å². The Labute approximate surface area is 173 Å². The molecular formula is C25H29N3O. The van der Waals surface area contributed by atoms with Crippen LogP contribution in [0.4, 0.5) is 11.4 Å². The van der Waals surface area contributed by atoms with Crippen molar-refractivity contribution in [2.45, 2.75) is 32.8 Å². The standard InChI is InChI=1S/C25H29N3O/c1-3-4-8-20-11-13-22(14-12-20)27-25(26)28(2)23-15-17-24(18-16-23)29-19-21-9-6-5-7-10-21/h5-7,9-18H,3-4,8,19H2,1-2H3,(H2,26,27). The van der Waals surface area contributed by atoms with Crippen molar-refractivity contribution in [2.75, 3.05) is 11.9 Å². The van der Waals surface area contributed by atoms with Gasteiger partial charge in [0.15, 0.2) is 0 Å². The fraction of sp³-hybridized carbons (Fsp3) is 0.240. The molecule has 0 radical (unpaired) electrons. The van der Waals surface area contributed by atoms with Crippen LogP contribution < -0.4 is 15.4 Å². The summed E-state index contributed by atoms with van der Waals surface area (Å²) < 4.78 is 5.84. The number of guanidine groups is 1. The lowest BCUT2D eigenvalue weighted by Gasteiger charge is -2.18. The predicted octanol–water partition coefficient (Wildman–Crippen LogP) is 5.69. The SMILES string of the molecule is CCCCc1ccc(N=C(N)N(C)c2ccc(OCc3ccccc3)cc2)cc1. The summed E-state index contributed by atoms with van der Waals surface area (Å²) in [6.07, 6.45) is 3.51. The maximum absolute atomic E-state index is 6.22. The first-order valence-electron chi connectivity index (χ1n) is 10.1. The van der Waals surface area contributed by atoms with Crippen LogP contribution in [0.3, 0.4) is 0 Å². The number of unbranched alkanes of at least 4 members (excludes halogenated alkanes) is 1. The molecule has 4 heteroatoms. The molecular weight excluding hydrogens is 358 g/mol. The second-order valence-corrected chi connectivity index (χ2v) is 7.07. The molecule has 0 fully saturated rings. The van der Waals surface area contributed by atoms with E-state index in [2.05, 4.69) is 36.2 Å². The van der Waals surface area contributed by atoms with Crippen LogP contribution in [0.5, 0.6) is 5.75 Å².